The van der Waals surface area contributed by atoms with Crippen LogP contribution in [-0.4, -0.2) is 25.5 Å². The van der Waals surface area contributed by atoms with Gasteiger partial charge in [-0.15, -0.1) is 13.2 Å². The summed E-state index contributed by atoms with van der Waals surface area (Å²) in [4.78, 5) is 11.1. The van der Waals surface area contributed by atoms with Gasteiger partial charge in [-0.05, 0) is 24.6 Å². The molecule has 1 atom stereocenters. The summed E-state index contributed by atoms with van der Waals surface area (Å²) in [6.07, 6.45) is -4.70. The van der Waals surface area contributed by atoms with Crippen LogP contribution in [0.5, 0.6) is 5.75 Å². The molecule has 4 nitrogen and oxygen atoms in total. The Bertz CT molecular complexity index is 417. The number of halogens is 3. The molecule has 0 aromatic heterocycles. The van der Waals surface area contributed by atoms with Crippen molar-refractivity contribution in [3.05, 3.63) is 29.8 Å². The Kier molecular flexibility index (Phi) is 5.17. The van der Waals surface area contributed by atoms with Gasteiger partial charge in [-0.3, -0.25) is 4.79 Å². The summed E-state index contributed by atoms with van der Waals surface area (Å²) in [5, 5.41) is 2.88. The normalized spacial score (nSPS) is 12.9. The molecule has 0 spiro atoms. The van der Waals surface area contributed by atoms with Gasteiger partial charge in [0.2, 0.25) is 0 Å². The van der Waals surface area contributed by atoms with E-state index < -0.39 is 18.4 Å². The molecule has 0 heterocycles. The lowest BCUT2D eigenvalue weighted by molar-refractivity contribution is -0.274. The quantitative estimate of drug-likeness (QED) is 0.838. The van der Waals surface area contributed by atoms with E-state index in [1.807, 2.05) is 0 Å². The van der Waals surface area contributed by atoms with E-state index in [2.05, 4.69) is 14.8 Å². The van der Waals surface area contributed by atoms with Crippen LogP contribution in [0.25, 0.3) is 0 Å². The van der Waals surface area contributed by atoms with Crippen LogP contribution >= 0.6 is 0 Å². The van der Waals surface area contributed by atoms with Gasteiger partial charge in [-0.1, -0.05) is 12.1 Å². The summed E-state index contributed by atoms with van der Waals surface area (Å²) < 4.78 is 44.1. The molecule has 7 heteroatoms. The number of ether oxygens (including phenoxy) is 2. The van der Waals surface area contributed by atoms with E-state index in [1.165, 1.54) is 31.4 Å². The Hall–Kier alpha value is -1.76. The monoisotopic (exact) mass is 277 g/mol. The summed E-state index contributed by atoms with van der Waals surface area (Å²) >= 11 is 0. The fourth-order valence-corrected chi connectivity index (χ4v) is 1.34. The average molecular weight is 277 g/mol. The number of hydrogen-bond donors (Lipinski definition) is 1. The standard InChI is InChI=1S/C12H14F3NO3/c1-8(11(17)18-2)16-7-9-3-5-10(6-4-9)19-12(13,14)15/h3-6,8,16H,7H2,1-2H3. The van der Waals surface area contributed by atoms with E-state index >= 15 is 0 Å². The Labute approximate surface area is 108 Å². The zero-order valence-corrected chi connectivity index (χ0v) is 10.5. The lowest BCUT2D eigenvalue weighted by Crippen LogP contribution is -2.34. The highest BCUT2D eigenvalue weighted by Gasteiger charge is 2.30. The summed E-state index contributed by atoms with van der Waals surface area (Å²) in [6, 6.07) is 4.91. The fraction of sp³-hybridized carbons (Fsp3) is 0.417. The van der Waals surface area contributed by atoms with Gasteiger partial charge in [-0.25, -0.2) is 0 Å². The van der Waals surface area contributed by atoms with Crippen LogP contribution in [-0.2, 0) is 16.1 Å². The van der Waals surface area contributed by atoms with Crippen LogP contribution in [0.2, 0.25) is 0 Å². The highest BCUT2D eigenvalue weighted by atomic mass is 19.4. The zero-order valence-electron chi connectivity index (χ0n) is 10.5. The first kappa shape index (κ1) is 15.3. The minimum absolute atomic E-state index is 0.280. The first-order valence-corrected chi connectivity index (χ1v) is 5.47. The SMILES string of the molecule is COC(=O)C(C)NCc1ccc(OC(F)(F)F)cc1. The second kappa shape index (κ2) is 6.42. The molecule has 0 fully saturated rings. The topological polar surface area (TPSA) is 47.6 Å². The maximum atomic E-state index is 11.9. The van der Waals surface area contributed by atoms with Crippen molar-refractivity contribution in [2.24, 2.45) is 0 Å². The highest BCUT2D eigenvalue weighted by molar-refractivity contribution is 5.75. The predicted molar refractivity (Wildman–Crippen MR) is 61.4 cm³/mol. The minimum atomic E-state index is -4.70. The van der Waals surface area contributed by atoms with Crippen molar-refractivity contribution in [2.75, 3.05) is 7.11 Å². The first-order valence-electron chi connectivity index (χ1n) is 5.47. The van der Waals surface area contributed by atoms with Crippen LogP contribution in [0.1, 0.15) is 12.5 Å². The van der Waals surface area contributed by atoms with E-state index in [1.54, 1.807) is 6.92 Å². The van der Waals surface area contributed by atoms with E-state index in [0.29, 0.717) is 6.54 Å². The molecule has 1 N–H and O–H groups in total. The van der Waals surface area contributed by atoms with Gasteiger partial charge in [0, 0.05) is 6.54 Å². The molecule has 0 aliphatic heterocycles. The van der Waals surface area contributed by atoms with Crippen molar-refractivity contribution >= 4 is 5.97 Å². The van der Waals surface area contributed by atoms with Crippen molar-refractivity contribution in [1.82, 2.24) is 5.32 Å². The van der Waals surface area contributed by atoms with E-state index in [4.69, 9.17) is 0 Å². The fourth-order valence-electron chi connectivity index (χ4n) is 1.34. The Balaban J connectivity index is 2.51. The summed E-state index contributed by atoms with van der Waals surface area (Å²) in [7, 11) is 1.28. The number of rotatable bonds is 5. The Morgan fingerprint density at radius 1 is 1.32 bits per heavy atom. The third-order valence-corrected chi connectivity index (χ3v) is 2.32. The zero-order chi connectivity index (χ0) is 14.5. The van der Waals surface area contributed by atoms with Crippen molar-refractivity contribution in [1.29, 1.82) is 0 Å². The third kappa shape index (κ3) is 5.60. The lowest BCUT2D eigenvalue weighted by atomic mass is 10.2. The molecule has 0 radical (unpaired) electrons. The Morgan fingerprint density at radius 2 is 1.89 bits per heavy atom. The third-order valence-electron chi connectivity index (χ3n) is 2.32. The van der Waals surface area contributed by atoms with Gasteiger partial charge >= 0.3 is 12.3 Å². The molecule has 1 unspecified atom stereocenters. The van der Waals surface area contributed by atoms with E-state index in [-0.39, 0.29) is 5.75 Å². The number of hydrogen-bond acceptors (Lipinski definition) is 4. The molecule has 0 aliphatic carbocycles. The van der Waals surface area contributed by atoms with Crippen LogP contribution in [0, 0.1) is 0 Å². The van der Waals surface area contributed by atoms with Gasteiger partial charge in [0.1, 0.15) is 11.8 Å². The number of methoxy groups -OCH3 is 1. The minimum Gasteiger partial charge on any atom is -0.468 e. The average Bonchev–Trinajstić information content (AvgIpc) is 2.34. The van der Waals surface area contributed by atoms with Crippen molar-refractivity contribution in [3.63, 3.8) is 0 Å². The molecule has 1 aromatic rings. The Morgan fingerprint density at radius 3 is 2.37 bits per heavy atom. The molecule has 0 bridgehead atoms. The number of nitrogens with one attached hydrogen (secondary N) is 1. The van der Waals surface area contributed by atoms with Crippen LogP contribution in [0.4, 0.5) is 13.2 Å². The van der Waals surface area contributed by atoms with Crippen LogP contribution < -0.4 is 10.1 Å². The van der Waals surface area contributed by atoms with Gasteiger partial charge in [0.15, 0.2) is 0 Å². The molecule has 106 valence electrons. The van der Waals surface area contributed by atoms with Crippen LogP contribution in [0.15, 0.2) is 24.3 Å². The molecule has 0 amide bonds. The predicted octanol–water partition coefficient (Wildman–Crippen LogP) is 2.24. The summed E-state index contributed by atoms with van der Waals surface area (Å²) in [5.74, 6) is -0.686. The number of carbonyl (C=O) groups is 1. The summed E-state index contributed by atoms with van der Waals surface area (Å²) in [6.45, 7) is 1.97. The second-order valence-electron chi connectivity index (χ2n) is 3.82. The lowest BCUT2D eigenvalue weighted by Gasteiger charge is -2.12. The van der Waals surface area contributed by atoms with Gasteiger partial charge in [0.05, 0.1) is 7.11 Å². The van der Waals surface area contributed by atoms with E-state index in [0.717, 1.165) is 5.56 Å². The largest absolute Gasteiger partial charge is 0.573 e. The molecule has 0 saturated carbocycles. The maximum Gasteiger partial charge on any atom is 0.573 e. The smallest absolute Gasteiger partial charge is 0.468 e. The molecular formula is C12H14F3NO3. The van der Waals surface area contributed by atoms with Crippen molar-refractivity contribution in [2.45, 2.75) is 25.9 Å². The van der Waals surface area contributed by atoms with E-state index in [9.17, 15) is 18.0 Å². The maximum absolute atomic E-state index is 11.9. The summed E-state index contributed by atoms with van der Waals surface area (Å²) in [5.41, 5.74) is 0.727. The van der Waals surface area contributed by atoms with Gasteiger partial charge in [-0.2, -0.15) is 0 Å². The molecule has 0 aliphatic rings. The van der Waals surface area contributed by atoms with Gasteiger partial charge in [0.25, 0.3) is 0 Å². The first-order chi connectivity index (χ1) is 8.81. The van der Waals surface area contributed by atoms with Crippen molar-refractivity contribution in [3.8, 4) is 5.75 Å². The number of carbonyl (C=O) groups excluding carboxylic acids is 1. The number of alkyl halides is 3. The molecular weight excluding hydrogens is 263 g/mol. The van der Waals surface area contributed by atoms with Crippen molar-refractivity contribution < 1.29 is 27.4 Å². The molecule has 1 rings (SSSR count). The highest BCUT2D eigenvalue weighted by Crippen LogP contribution is 2.22. The molecule has 19 heavy (non-hydrogen) atoms. The molecule has 1 aromatic carbocycles. The molecule has 0 saturated heterocycles. The van der Waals surface area contributed by atoms with Gasteiger partial charge < -0.3 is 14.8 Å². The second-order valence-corrected chi connectivity index (χ2v) is 3.82. The number of esters is 1. The van der Waals surface area contributed by atoms with Crippen LogP contribution in [0.3, 0.4) is 0 Å². The number of benzene rings is 1.